The number of nitrogens with one attached hydrogen (secondary N) is 1. The van der Waals surface area contributed by atoms with Crippen molar-refractivity contribution in [1.29, 1.82) is 0 Å². The van der Waals surface area contributed by atoms with Crippen molar-refractivity contribution in [3.05, 3.63) is 33.7 Å². The highest BCUT2D eigenvalue weighted by atomic mass is 79.9. The number of hydrogen-bond donors (Lipinski definition) is 1. The van der Waals surface area contributed by atoms with E-state index in [0.717, 1.165) is 0 Å². The molecule has 2 aromatic rings. The Morgan fingerprint density at radius 1 is 1.30 bits per heavy atom. The van der Waals surface area contributed by atoms with E-state index in [-0.39, 0.29) is 13.2 Å². The molecule has 1 aromatic carbocycles. The third kappa shape index (κ3) is 5.00. The average Bonchev–Trinajstić information content (AvgIpc) is 2.78. The Morgan fingerprint density at radius 3 is 2.56 bits per heavy atom. The summed E-state index contributed by atoms with van der Waals surface area (Å²) in [4.78, 5) is 24.3. The molecule has 0 saturated carbocycles. The van der Waals surface area contributed by atoms with Gasteiger partial charge in [-0.15, -0.1) is 0 Å². The predicted octanol–water partition coefficient (Wildman–Crippen LogP) is 4.55. The molecule has 0 atom stereocenters. The molecule has 0 bridgehead atoms. The third-order valence-electron chi connectivity index (χ3n) is 3.80. The molecule has 1 N–H and O–H groups in total. The highest BCUT2D eigenvalue weighted by Gasteiger charge is 2.24. The van der Waals surface area contributed by atoms with Crippen molar-refractivity contribution in [3.8, 4) is 0 Å². The fourth-order valence-electron chi connectivity index (χ4n) is 2.84. The molecule has 0 saturated heterocycles. The summed E-state index contributed by atoms with van der Waals surface area (Å²) in [6.07, 6.45) is -0.543. The minimum absolute atomic E-state index is 0.228. The van der Waals surface area contributed by atoms with Crippen LogP contribution in [-0.2, 0) is 16.0 Å². The van der Waals surface area contributed by atoms with Gasteiger partial charge in [-0.2, -0.15) is 0 Å². The topological polar surface area (TPSA) is 69.6 Å². The molecule has 0 fully saturated rings. The standard InChI is InChI=1S/C19H24BrFN2O4/c1-6-26-17(24)15-11(2)13-9-12(21)10-14(20)16(13)23(15)8-7-22-18(25)27-19(3,4)5/h9-10H,6-8H2,1-5H3,(H,22,25). The lowest BCUT2D eigenvalue weighted by molar-refractivity contribution is 0.0513. The largest absolute Gasteiger partial charge is 0.461 e. The lowest BCUT2D eigenvalue weighted by atomic mass is 10.1. The van der Waals surface area contributed by atoms with E-state index in [9.17, 15) is 14.0 Å². The summed E-state index contributed by atoms with van der Waals surface area (Å²) in [5, 5.41) is 3.28. The van der Waals surface area contributed by atoms with Crippen LogP contribution in [0, 0.1) is 12.7 Å². The van der Waals surface area contributed by atoms with Crippen LogP contribution in [-0.4, -0.2) is 35.4 Å². The molecule has 0 spiro atoms. The van der Waals surface area contributed by atoms with Crippen molar-refractivity contribution in [3.63, 3.8) is 0 Å². The van der Waals surface area contributed by atoms with Gasteiger partial charge in [-0.05, 0) is 68.2 Å². The number of alkyl carbamates (subject to hydrolysis) is 1. The number of carbonyl (C=O) groups is 2. The van der Waals surface area contributed by atoms with Crippen LogP contribution in [0.25, 0.3) is 10.9 Å². The Hall–Kier alpha value is -2.09. The number of rotatable bonds is 5. The monoisotopic (exact) mass is 442 g/mol. The zero-order valence-corrected chi connectivity index (χ0v) is 17.7. The van der Waals surface area contributed by atoms with E-state index in [0.29, 0.717) is 33.2 Å². The normalized spacial score (nSPS) is 11.5. The quantitative estimate of drug-likeness (QED) is 0.689. The highest BCUT2D eigenvalue weighted by molar-refractivity contribution is 9.10. The Labute approximate surface area is 166 Å². The molecule has 27 heavy (non-hydrogen) atoms. The van der Waals surface area contributed by atoms with Gasteiger partial charge < -0.3 is 19.4 Å². The van der Waals surface area contributed by atoms with Gasteiger partial charge in [0.1, 0.15) is 17.1 Å². The van der Waals surface area contributed by atoms with Gasteiger partial charge in [0, 0.05) is 22.9 Å². The number of aromatic nitrogens is 1. The molecule has 0 aliphatic rings. The molecule has 1 heterocycles. The van der Waals surface area contributed by atoms with E-state index in [4.69, 9.17) is 9.47 Å². The summed E-state index contributed by atoms with van der Waals surface area (Å²) >= 11 is 3.37. The first kappa shape index (κ1) is 21.2. The first-order valence-corrected chi connectivity index (χ1v) is 9.46. The van der Waals surface area contributed by atoms with Crippen molar-refractivity contribution in [2.75, 3.05) is 13.2 Å². The summed E-state index contributed by atoms with van der Waals surface area (Å²) in [5.74, 6) is -0.896. The van der Waals surface area contributed by atoms with Crippen LogP contribution in [0.3, 0.4) is 0 Å². The number of aryl methyl sites for hydroxylation is 1. The summed E-state index contributed by atoms with van der Waals surface area (Å²) in [6.45, 7) is 9.56. The van der Waals surface area contributed by atoms with E-state index in [1.807, 2.05) is 0 Å². The first-order valence-electron chi connectivity index (χ1n) is 8.67. The van der Waals surface area contributed by atoms with Gasteiger partial charge in [-0.1, -0.05) is 0 Å². The van der Waals surface area contributed by atoms with Crippen molar-refractivity contribution in [2.45, 2.75) is 46.8 Å². The van der Waals surface area contributed by atoms with E-state index >= 15 is 0 Å². The van der Waals surface area contributed by atoms with E-state index < -0.39 is 23.5 Å². The van der Waals surface area contributed by atoms with Crippen LogP contribution in [0.4, 0.5) is 9.18 Å². The molecule has 0 radical (unpaired) electrons. The van der Waals surface area contributed by atoms with Crippen LogP contribution >= 0.6 is 15.9 Å². The van der Waals surface area contributed by atoms with Gasteiger partial charge in [-0.25, -0.2) is 14.0 Å². The lowest BCUT2D eigenvalue weighted by Gasteiger charge is -2.20. The Balaban J connectivity index is 2.37. The van der Waals surface area contributed by atoms with Crippen LogP contribution in [0.1, 0.15) is 43.7 Å². The summed E-state index contributed by atoms with van der Waals surface area (Å²) < 4.78 is 26.5. The van der Waals surface area contributed by atoms with Crippen LogP contribution in [0.15, 0.2) is 16.6 Å². The molecular formula is C19H24BrFN2O4. The second kappa shape index (κ2) is 8.29. The third-order valence-corrected chi connectivity index (χ3v) is 4.40. The number of fused-ring (bicyclic) bond motifs is 1. The maximum atomic E-state index is 13.9. The number of hydrogen-bond acceptors (Lipinski definition) is 4. The number of halogens is 2. The molecule has 8 heteroatoms. The van der Waals surface area contributed by atoms with Gasteiger partial charge >= 0.3 is 12.1 Å². The fourth-order valence-corrected chi connectivity index (χ4v) is 3.48. The first-order chi connectivity index (χ1) is 12.5. The molecule has 6 nitrogen and oxygen atoms in total. The molecule has 148 valence electrons. The highest BCUT2D eigenvalue weighted by Crippen LogP contribution is 2.32. The Bertz CT molecular complexity index is 871. The molecule has 0 aliphatic carbocycles. The summed E-state index contributed by atoms with van der Waals surface area (Å²) in [5.41, 5.74) is 1.03. The fraction of sp³-hybridized carbons (Fsp3) is 0.474. The lowest BCUT2D eigenvalue weighted by Crippen LogP contribution is -2.34. The van der Waals surface area contributed by atoms with E-state index in [1.54, 1.807) is 39.2 Å². The minimum Gasteiger partial charge on any atom is -0.461 e. The SMILES string of the molecule is CCOC(=O)c1c(C)c2cc(F)cc(Br)c2n1CCNC(=O)OC(C)(C)C. The Morgan fingerprint density at radius 2 is 1.96 bits per heavy atom. The molecule has 1 aromatic heterocycles. The number of nitrogens with zero attached hydrogens (tertiary/aromatic N) is 1. The number of amides is 1. The van der Waals surface area contributed by atoms with Crippen LogP contribution < -0.4 is 5.32 Å². The summed E-state index contributed by atoms with van der Waals surface area (Å²) in [7, 11) is 0. The zero-order chi connectivity index (χ0) is 20.4. The number of ether oxygens (including phenoxy) is 2. The second-order valence-electron chi connectivity index (χ2n) is 7.06. The molecular weight excluding hydrogens is 419 g/mol. The van der Waals surface area contributed by atoms with Crippen molar-refractivity contribution in [2.24, 2.45) is 0 Å². The van der Waals surface area contributed by atoms with E-state index in [1.165, 1.54) is 12.1 Å². The van der Waals surface area contributed by atoms with Gasteiger partial charge in [0.2, 0.25) is 0 Å². The Kier molecular flexibility index (Phi) is 6.51. The zero-order valence-electron chi connectivity index (χ0n) is 16.1. The van der Waals surface area contributed by atoms with Crippen molar-refractivity contribution >= 4 is 38.9 Å². The second-order valence-corrected chi connectivity index (χ2v) is 7.91. The molecule has 1 amide bonds. The minimum atomic E-state index is -0.600. The van der Waals surface area contributed by atoms with Crippen LogP contribution in [0.2, 0.25) is 0 Å². The maximum absolute atomic E-state index is 13.9. The molecule has 2 rings (SSSR count). The molecule has 0 unspecified atom stereocenters. The van der Waals surface area contributed by atoms with Gasteiger partial charge in [0.05, 0.1) is 12.1 Å². The van der Waals surface area contributed by atoms with E-state index in [2.05, 4.69) is 21.2 Å². The van der Waals surface area contributed by atoms with Gasteiger partial charge in [-0.3, -0.25) is 0 Å². The van der Waals surface area contributed by atoms with Gasteiger partial charge in [0.25, 0.3) is 0 Å². The summed E-state index contributed by atoms with van der Waals surface area (Å²) in [6, 6.07) is 2.73. The van der Waals surface area contributed by atoms with Crippen LogP contribution in [0.5, 0.6) is 0 Å². The number of carbonyl (C=O) groups excluding carboxylic acids is 2. The number of benzene rings is 1. The predicted molar refractivity (Wildman–Crippen MR) is 105 cm³/mol. The molecule has 0 aliphatic heterocycles. The average molecular weight is 443 g/mol. The smallest absolute Gasteiger partial charge is 0.407 e. The maximum Gasteiger partial charge on any atom is 0.407 e. The van der Waals surface area contributed by atoms with Gasteiger partial charge in [0.15, 0.2) is 0 Å². The number of esters is 1. The van der Waals surface area contributed by atoms with Crippen molar-refractivity contribution < 1.29 is 23.5 Å². The van der Waals surface area contributed by atoms with Crippen molar-refractivity contribution in [1.82, 2.24) is 9.88 Å².